The molecule has 0 aliphatic rings. The molecule has 1 aromatic rings. The predicted octanol–water partition coefficient (Wildman–Crippen LogP) is 1.01. The van der Waals surface area contributed by atoms with Gasteiger partial charge >= 0.3 is 0 Å². The third kappa shape index (κ3) is 7.11. The molecule has 21 heavy (non-hydrogen) atoms. The molecule has 0 aliphatic carbocycles. The molecule has 0 fully saturated rings. The number of unbranched alkanes of at least 4 members (excludes halogenated alkanes) is 1. The largest absolute Gasteiger partial charge is 0.370 e. The Bertz CT molecular complexity index is 492. The van der Waals surface area contributed by atoms with Crippen LogP contribution in [-0.4, -0.2) is 29.9 Å². The van der Waals surface area contributed by atoms with Crippen molar-refractivity contribution in [1.82, 2.24) is 10.6 Å². The molecule has 0 atom stereocenters. The van der Waals surface area contributed by atoms with Crippen LogP contribution in [0.15, 0.2) is 24.3 Å². The summed E-state index contributed by atoms with van der Waals surface area (Å²) in [5, 5.41) is 22.8. The van der Waals surface area contributed by atoms with E-state index in [2.05, 4.69) is 10.6 Å². The highest BCUT2D eigenvalue weighted by Gasteiger charge is 2.08. The van der Waals surface area contributed by atoms with Crippen LogP contribution in [0.1, 0.15) is 23.2 Å². The lowest BCUT2D eigenvalue weighted by Crippen LogP contribution is -2.31. The Morgan fingerprint density at radius 3 is 2.19 bits per heavy atom. The van der Waals surface area contributed by atoms with Crippen LogP contribution in [-0.2, 0) is 0 Å². The number of rotatable bonds is 7. The lowest BCUT2D eigenvalue weighted by molar-refractivity contribution is -0.384. The van der Waals surface area contributed by atoms with E-state index in [1.807, 2.05) is 0 Å². The van der Waals surface area contributed by atoms with Gasteiger partial charge in [0.1, 0.15) is 0 Å². The van der Waals surface area contributed by atoms with E-state index in [4.69, 9.17) is 11.1 Å². The van der Waals surface area contributed by atoms with Crippen molar-refractivity contribution in [2.75, 3.05) is 13.1 Å². The molecule has 0 radical (unpaired) electrons. The van der Waals surface area contributed by atoms with Gasteiger partial charge in [-0.15, -0.1) is 12.4 Å². The molecule has 1 amide bonds. The number of nitro benzene ring substituents is 1. The quantitative estimate of drug-likeness (QED) is 0.196. The maximum Gasteiger partial charge on any atom is 0.269 e. The fourth-order valence-corrected chi connectivity index (χ4v) is 1.51. The van der Waals surface area contributed by atoms with Crippen LogP contribution >= 0.6 is 12.4 Å². The number of halogens is 1. The van der Waals surface area contributed by atoms with Gasteiger partial charge in [0, 0.05) is 30.8 Å². The Hall–Kier alpha value is -2.35. The monoisotopic (exact) mass is 315 g/mol. The van der Waals surface area contributed by atoms with Crippen molar-refractivity contribution < 1.29 is 9.72 Å². The summed E-state index contributed by atoms with van der Waals surface area (Å²) in [4.78, 5) is 21.7. The van der Waals surface area contributed by atoms with Gasteiger partial charge in [-0.2, -0.15) is 0 Å². The number of amides is 1. The van der Waals surface area contributed by atoms with Gasteiger partial charge in [0.05, 0.1) is 4.92 Å². The molecule has 116 valence electrons. The molecule has 0 unspecified atom stereocenters. The third-order valence-corrected chi connectivity index (χ3v) is 2.54. The zero-order chi connectivity index (χ0) is 15.0. The fourth-order valence-electron chi connectivity index (χ4n) is 1.51. The Kier molecular flexibility index (Phi) is 8.47. The predicted molar refractivity (Wildman–Crippen MR) is 81.8 cm³/mol. The molecule has 0 saturated heterocycles. The van der Waals surface area contributed by atoms with Gasteiger partial charge in [0.25, 0.3) is 11.6 Å². The summed E-state index contributed by atoms with van der Waals surface area (Å²) in [6.45, 7) is 1.08. The van der Waals surface area contributed by atoms with Crippen molar-refractivity contribution in [3.8, 4) is 0 Å². The normalized spacial score (nSPS) is 9.33. The van der Waals surface area contributed by atoms with Gasteiger partial charge in [0.2, 0.25) is 0 Å². The second-order valence-corrected chi connectivity index (χ2v) is 4.11. The molecule has 0 bridgehead atoms. The molecule has 5 N–H and O–H groups in total. The first-order valence-electron chi connectivity index (χ1n) is 6.11. The first-order valence-corrected chi connectivity index (χ1v) is 6.11. The summed E-state index contributed by atoms with van der Waals surface area (Å²) in [5.41, 5.74) is 5.46. The lowest BCUT2D eigenvalue weighted by Gasteiger charge is -2.06. The van der Waals surface area contributed by atoms with Crippen LogP contribution in [0.2, 0.25) is 0 Å². The minimum absolute atomic E-state index is 0. The van der Waals surface area contributed by atoms with Crippen molar-refractivity contribution >= 4 is 30.0 Å². The van der Waals surface area contributed by atoms with E-state index in [0.717, 1.165) is 12.8 Å². The summed E-state index contributed by atoms with van der Waals surface area (Å²) in [6.07, 6.45) is 1.53. The van der Waals surface area contributed by atoms with E-state index in [1.54, 1.807) is 0 Å². The molecule has 0 heterocycles. The van der Waals surface area contributed by atoms with Gasteiger partial charge in [0.15, 0.2) is 5.96 Å². The lowest BCUT2D eigenvalue weighted by atomic mass is 10.2. The van der Waals surface area contributed by atoms with Crippen molar-refractivity contribution in [1.29, 1.82) is 5.41 Å². The molecule has 9 heteroatoms. The standard InChI is InChI=1S/C12H17N5O3.ClH/c13-12(14)16-8-2-1-7-15-11(18)9-3-5-10(6-4-9)17(19)20;/h3-6H,1-2,7-8H2,(H,15,18)(H4,13,14,16);1H. The Morgan fingerprint density at radius 2 is 1.71 bits per heavy atom. The van der Waals surface area contributed by atoms with Crippen LogP contribution in [0.5, 0.6) is 0 Å². The highest BCUT2D eigenvalue weighted by atomic mass is 35.5. The van der Waals surface area contributed by atoms with Crippen LogP contribution in [0.4, 0.5) is 5.69 Å². The van der Waals surface area contributed by atoms with Crippen molar-refractivity contribution in [3.05, 3.63) is 39.9 Å². The minimum Gasteiger partial charge on any atom is -0.370 e. The van der Waals surface area contributed by atoms with E-state index < -0.39 is 4.92 Å². The zero-order valence-electron chi connectivity index (χ0n) is 11.3. The number of nitrogens with zero attached hydrogens (tertiary/aromatic N) is 1. The van der Waals surface area contributed by atoms with Gasteiger partial charge < -0.3 is 16.4 Å². The third-order valence-electron chi connectivity index (χ3n) is 2.54. The van der Waals surface area contributed by atoms with E-state index >= 15 is 0 Å². The van der Waals surface area contributed by atoms with Gasteiger partial charge in [-0.25, -0.2) is 0 Å². The molecule has 0 saturated carbocycles. The number of benzene rings is 1. The molecule has 1 rings (SSSR count). The number of hydrogen-bond donors (Lipinski definition) is 4. The topological polar surface area (TPSA) is 134 Å². The Morgan fingerprint density at radius 1 is 1.19 bits per heavy atom. The Labute approximate surface area is 128 Å². The highest BCUT2D eigenvalue weighted by molar-refractivity contribution is 5.94. The van der Waals surface area contributed by atoms with Crippen LogP contribution in [0, 0.1) is 15.5 Å². The van der Waals surface area contributed by atoms with Crippen molar-refractivity contribution in [3.63, 3.8) is 0 Å². The first-order chi connectivity index (χ1) is 9.50. The molecule has 1 aromatic carbocycles. The van der Waals surface area contributed by atoms with Crippen molar-refractivity contribution in [2.24, 2.45) is 5.73 Å². The number of nitrogens with two attached hydrogens (primary N) is 1. The van der Waals surface area contributed by atoms with Gasteiger partial charge in [-0.05, 0) is 25.0 Å². The summed E-state index contributed by atoms with van der Waals surface area (Å²) in [5.74, 6) is -0.334. The van der Waals surface area contributed by atoms with E-state index in [-0.39, 0.29) is 30.0 Å². The molecule has 0 spiro atoms. The van der Waals surface area contributed by atoms with Crippen LogP contribution < -0.4 is 16.4 Å². The van der Waals surface area contributed by atoms with Crippen LogP contribution in [0.3, 0.4) is 0 Å². The molecule has 0 aromatic heterocycles. The Balaban J connectivity index is 0.00000400. The number of nitro groups is 1. The minimum atomic E-state index is -0.510. The molecular weight excluding hydrogens is 298 g/mol. The summed E-state index contributed by atoms with van der Waals surface area (Å²) >= 11 is 0. The summed E-state index contributed by atoms with van der Waals surface area (Å²) < 4.78 is 0. The van der Waals surface area contributed by atoms with E-state index in [1.165, 1.54) is 24.3 Å². The highest BCUT2D eigenvalue weighted by Crippen LogP contribution is 2.11. The number of nitrogens with one attached hydrogen (secondary N) is 3. The maximum absolute atomic E-state index is 11.7. The average Bonchev–Trinajstić information content (AvgIpc) is 2.42. The molecular formula is C12H18ClN5O3. The number of carbonyl (C=O) groups excluding carboxylic acids is 1. The van der Waals surface area contributed by atoms with Gasteiger partial charge in [-0.1, -0.05) is 0 Å². The summed E-state index contributed by atoms with van der Waals surface area (Å²) in [7, 11) is 0. The van der Waals surface area contributed by atoms with Crippen LogP contribution in [0.25, 0.3) is 0 Å². The average molecular weight is 316 g/mol. The fraction of sp³-hybridized carbons (Fsp3) is 0.333. The SMILES string of the molecule is Cl.N=C(N)NCCCCNC(=O)c1ccc([N+](=O)[O-])cc1. The smallest absolute Gasteiger partial charge is 0.269 e. The van der Waals surface area contributed by atoms with Gasteiger partial charge in [-0.3, -0.25) is 20.3 Å². The first kappa shape index (κ1) is 18.7. The summed E-state index contributed by atoms with van der Waals surface area (Å²) in [6, 6.07) is 5.44. The number of carbonyl (C=O) groups is 1. The molecule has 0 aliphatic heterocycles. The van der Waals surface area contributed by atoms with E-state index in [9.17, 15) is 14.9 Å². The van der Waals surface area contributed by atoms with E-state index in [0.29, 0.717) is 18.7 Å². The zero-order valence-corrected chi connectivity index (χ0v) is 12.1. The second kappa shape index (κ2) is 9.54. The van der Waals surface area contributed by atoms with Crippen molar-refractivity contribution in [2.45, 2.75) is 12.8 Å². The number of guanidine groups is 1. The number of non-ortho nitro benzene ring substituents is 1. The maximum atomic E-state index is 11.7. The number of hydrogen-bond acceptors (Lipinski definition) is 4. The second-order valence-electron chi connectivity index (χ2n) is 4.11. The molecule has 8 nitrogen and oxygen atoms in total.